The van der Waals surface area contributed by atoms with Crippen molar-refractivity contribution >= 4 is 39.3 Å². The molecule has 5 aliphatic rings. The van der Waals surface area contributed by atoms with Crippen molar-refractivity contribution in [3.63, 3.8) is 0 Å². The van der Waals surface area contributed by atoms with Gasteiger partial charge in [0.25, 0.3) is 0 Å². The Hall–Kier alpha value is -2.87. The SMILES string of the molecule is COc1ccc(C(=O)COc2ccc(NC(=O)[C@H]3C4[C@H]5C[C@H]5C5[C@H]3C(=O)O[C@@H]5[C@H]4Br)cc2)cc1. The normalized spacial score (nSPS) is 34.1. The Bertz CT molecular complexity index is 1150. The first kappa shape index (κ1) is 21.6. The van der Waals surface area contributed by atoms with E-state index < -0.39 is 0 Å². The van der Waals surface area contributed by atoms with Crippen LogP contribution in [0.25, 0.3) is 0 Å². The molecular formula is C26H24BrNO6. The quantitative estimate of drug-likeness (QED) is 0.336. The summed E-state index contributed by atoms with van der Waals surface area (Å²) in [4.78, 5) is 38.2. The van der Waals surface area contributed by atoms with Crippen LogP contribution < -0.4 is 14.8 Å². The number of carbonyl (C=O) groups excluding carboxylic acids is 3. The van der Waals surface area contributed by atoms with Crippen LogP contribution >= 0.6 is 15.9 Å². The number of methoxy groups -OCH3 is 1. The number of Topliss-reactive ketones (excluding diaryl/α,β-unsaturated/α-hetero) is 1. The summed E-state index contributed by atoms with van der Waals surface area (Å²) in [5, 5.41) is 2.99. The molecule has 7 rings (SSSR count). The topological polar surface area (TPSA) is 90.9 Å². The fourth-order valence-corrected chi connectivity index (χ4v) is 7.49. The average Bonchev–Trinajstić information content (AvgIpc) is 3.60. The highest BCUT2D eigenvalue weighted by Gasteiger charge is 2.74. The van der Waals surface area contributed by atoms with E-state index in [4.69, 9.17) is 14.2 Å². The van der Waals surface area contributed by atoms with Gasteiger partial charge in [-0.1, -0.05) is 15.9 Å². The summed E-state index contributed by atoms with van der Waals surface area (Å²) in [6.07, 6.45) is 0.999. The van der Waals surface area contributed by atoms with Crippen molar-refractivity contribution in [2.75, 3.05) is 19.0 Å². The number of nitrogens with one attached hydrogen (secondary N) is 1. The van der Waals surface area contributed by atoms with Crippen LogP contribution in [0, 0.1) is 35.5 Å². The van der Waals surface area contributed by atoms with E-state index >= 15 is 0 Å². The van der Waals surface area contributed by atoms with Gasteiger partial charge >= 0.3 is 5.97 Å². The van der Waals surface area contributed by atoms with Gasteiger partial charge in [-0.25, -0.2) is 0 Å². The number of ketones is 1. The van der Waals surface area contributed by atoms with Gasteiger partial charge in [-0.3, -0.25) is 14.4 Å². The molecule has 2 aromatic rings. The molecule has 1 heterocycles. The van der Waals surface area contributed by atoms with Crippen LogP contribution in [0.15, 0.2) is 48.5 Å². The van der Waals surface area contributed by atoms with Crippen molar-refractivity contribution in [2.45, 2.75) is 17.4 Å². The second-order valence-corrected chi connectivity index (χ2v) is 10.6. The van der Waals surface area contributed by atoms with Gasteiger partial charge in [-0.2, -0.15) is 0 Å². The van der Waals surface area contributed by atoms with Crippen molar-refractivity contribution in [3.8, 4) is 11.5 Å². The predicted octanol–water partition coefficient (Wildman–Crippen LogP) is 3.71. The molecule has 1 amide bonds. The van der Waals surface area contributed by atoms with Gasteiger partial charge < -0.3 is 19.5 Å². The lowest BCUT2D eigenvalue weighted by Gasteiger charge is -2.46. The van der Waals surface area contributed by atoms with E-state index in [-0.39, 0.29) is 58.9 Å². The number of halogens is 1. The van der Waals surface area contributed by atoms with Crippen molar-refractivity contribution in [1.29, 1.82) is 0 Å². The Morgan fingerprint density at radius 3 is 2.41 bits per heavy atom. The molecule has 8 atom stereocenters. The van der Waals surface area contributed by atoms with Crippen LogP contribution in [-0.4, -0.2) is 42.3 Å². The minimum absolute atomic E-state index is 0.0405. The average molecular weight is 526 g/mol. The molecule has 4 bridgehead atoms. The molecule has 4 aliphatic carbocycles. The number of anilines is 1. The van der Waals surface area contributed by atoms with Crippen LogP contribution in [0.5, 0.6) is 11.5 Å². The summed E-state index contributed by atoms with van der Waals surface area (Å²) in [7, 11) is 1.57. The zero-order valence-electron chi connectivity index (χ0n) is 18.5. The molecule has 8 heteroatoms. The smallest absolute Gasteiger partial charge is 0.310 e. The van der Waals surface area contributed by atoms with Crippen LogP contribution in [0.1, 0.15) is 16.8 Å². The van der Waals surface area contributed by atoms with Gasteiger partial charge in [0.2, 0.25) is 5.91 Å². The number of benzene rings is 2. The minimum atomic E-state index is -0.373. The number of ether oxygens (including phenoxy) is 3. The van der Waals surface area contributed by atoms with Crippen LogP contribution in [0.2, 0.25) is 0 Å². The van der Waals surface area contributed by atoms with Crippen molar-refractivity contribution < 1.29 is 28.6 Å². The molecular weight excluding hydrogens is 502 g/mol. The highest BCUT2D eigenvalue weighted by atomic mass is 79.9. The molecule has 0 spiro atoms. The molecule has 2 aromatic carbocycles. The standard InChI is InChI=1S/C26H24BrNO6/c1-32-14-6-2-12(3-7-14)18(29)11-33-15-8-4-13(5-9-15)28-25(30)21-19-16-10-17(16)20-22(21)26(31)34-24(20)23(19)27/h2-9,16-17,19-24H,10-11H2,1H3,(H,28,30)/t16-,17+,19?,20?,21-,22+,23-,24-/m0/s1. The van der Waals surface area contributed by atoms with Crippen molar-refractivity contribution in [1.82, 2.24) is 0 Å². The Morgan fingerprint density at radius 2 is 1.71 bits per heavy atom. The zero-order chi connectivity index (χ0) is 23.6. The van der Waals surface area contributed by atoms with E-state index in [2.05, 4.69) is 21.2 Å². The lowest BCUT2D eigenvalue weighted by atomic mass is 9.58. The predicted molar refractivity (Wildman–Crippen MR) is 126 cm³/mol. The van der Waals surface area contributed by atoms with Crippen molar-refractivity contribution in [3.05, 3.63) is 54.1 Å². The third-order valence-electron chi connectivity index (χ3n) is 7.89. The molecule has 4 saturated carbocycles. The van der Waals surface area contributed by atoms with Gasteiger partial charge in [-0.15, -0.1) is 0 Å². The van der Waals surface area contributed by atoms with Gasteiger partial charge in [0.05, 0.1) is 23.8 Å². The summed E-state index contributed by atoms with van der Waals surface area (Å²) in [5.41, 5.74) is 1.17. The second kappa shape index (κ2) is 8.12. The number of alkyl halides is 1. The maximum Gasteiger partial charge on any atom is 0.310 e. The highest BCUT2D eigenvalue weighted by molar-refractivity contribution is 9.09. The van der Waals surface area contributed by atoms with Crippen LogP contribution in [-0.2, 0) is 14.3 Å². The first-order valence-electron chi connectivity index (χ1n) is 11.5. The van der Waals surface area contributed by atoms with Gasteiger partial charge in [0.1, 0.15) is 17.6 Å². The van der Waals surface area contributed by atoms with Crippen LogP contribution in [0.3, 0.4) is 0 Å². The highest BCUT2D eigenvalue weighted by Crippen LogP contribution is 2.70. The largest absolute Gasteiger partial charge is 0.497 e. The lowest BCUT2D eigenvalue weighted by Crippen LogP contribution is -2.55. The molecule has 1 saturated heterocycles. The summed E-state index contributed by atoms with van der Waals surface area (Å²) < 4.78 is 16.4. The van der Waals surface area contributed by atoms with Crippen LogP contribution in [0.4, 0.5) is 5.69 Å². The fraction of sp³-hybridized carbons (Fsp3) is 0.423. The molecule has 5 fully saturated rings. The molecule has 0 aromatic heterocycles. The Balaban J connectivity index is 1.09. The van der Waals surface area contributed by atoms with E-state index in [1.54, 1.807) is 55.6 Å². The van der Waals surface area contributed by atoms with E-state index in [1.807, 2.05) is 0 Å². The maximum absolute atomic E-state index is 13.3. The van der Waals surface area contributed by atoms with Crippen molar-refractivity contribution in [2.24, 2.45) is 35.5 Å². The maximum atomic E-state index is 13.3. The fourth-order valence-electron chi connectivity index (χ4n) is 6.31. The number of hydrogen-bond donors (Lipinski definition) is 1. The van der Waals surface area contributed by atoms with E-state index in [1.165, 1.54) is 0 Å². The number of esters is 1. The summed E-state index contributed by atoms with van der Waals surface area (Å²) in [5.74, 6) is 1.33. The molecule has 2 unspecified atom stereocenters. The summed E-state index contributed by atoms with van der Waals surface area (Å²) in [6, 6.07) is 13.8. The number of amides is 1. The molecule has 1 aliphatic heterocycles. The third-order valence-corrected chi connectivity index (χ3v) is 9.02. The Morgan fingerprint density at radius 1 is 1.03 bits per heavy atom. The first-order valence-corrected chi connectivity index (χ1v) is 12.4. The van der Waals surface area contributed by atoms with E-state index in [9.17, 15) is 14.4 Å². The number of hydrogen-bond acceptors (Lipinski definition) is 6. The number of carbonyl (C=O) groups is 3. The third kappa shape index (κ3) is 3.42. The van der Waals surface area contributed by atoms with E-state index in [0.29, 0.717) is 34.6 Å². The molecule has 34 heavy (non-hydrogen) atoms. The van der Waals surface area contributed by atoms with Gasteiger partial charge in [0, 0.05) is 17.2 Å². The minimum Gasteiger partial charge on any atom is -0.497 e. The lowest BCUT2D eigenvalue weighted by molar-refractivity contribution is -0.145. The number of rotatable bonds is 7. The summed E-state index contributed by atoms with van der Waals surface area (Å²) in [6.45, 7) is -0.0939. The second-order valence-electron chi connectivity index (χ2n) is 9.57. The molecule has 0 radical (unpaired) electrons. The molecule has 7 nitrogen and oxygen atoms in total. The summed E-state index contributed by atoms with van der Waals surface area (Å²) >= 11 is 3.74. The Kier molecular flexibility index (Phi) is 5.17. The van der Waals surface area contributed by atoms with Gasteiger partial charge in [0.15, 0.2) is 12.4 Å². The molecule has 176 valence electrons. The van der Waals surface area contributed by atoms with Gasteiger partial charge in [-0.05, 0) is 72.7 Å². The molecule has 1 N–H and O–H groups in total. The zero-order valence-corrected chi connectivity index (χ0v) is 20.1. The monoisotopic (exact) mass is 525 g/mol. The van der Waals surface area contributed by atoms with E-state index in [0.717, 1.165) is 6.42 Å². The first-order chi connectivity index (χ1) is 16.5. The Labute approximate surface area is 205 Å².